The van der Waals surface area contributed by atoms with Gasteiger partial charge in [0.25, 0.3) is 11.8 Å². The molecule has 2 aliphatic rings. The highest BCUT2D eigenvalue weighted by Crippen LogP contribution is 2.30. The van der Waals surface area contributed by atoms with Crippen LogP contribution < -0.4 is 10.6 Å². The zero-order chi connectivity index (χ0) is 21.1. The first-order chi connectivity index (χ1) is 14.5. The molecular formula is C22H21N3O5. The SMILES string of the molecule is O=C(Cc1ccccc1)NC1C(=O)N2/C(=C(\O)OCc3ccccc3)C(=O)NC[C@H]12. The molecule has 0 bridgehead atoms. The first-order valence-electron chi connectivity index (χ1n) is 9.59. The Balaban J connectivity index is 1.42. The third kappa shape index (κ3) is 3.84. The highest BCUT2D eigenvalue weighted by molar-refractivity contribution is 6.05. The number of ether oxygens (including phenoxy) is 1. The molecule has 0 aliphatic carbocycles. The third-order valence-electron chi connectivity index (χ3n) is 5.09. The zero-order valence-electron chi connectivity index (χ0n) is 16.1. The van der Waals surface area contributed by atoms with Crippen molar-refractivity contribution < 1.29 is 24.2 Å². The minimum absolute atomic E-state index is 0.0490. The predicted octanol–water partition coefficient (Wildman–Crippen LogP) is 0.998. The molecule has 8 heteroatoms. The number of hydrogen-bond donors (Lipinski definition) is 3. The van der Waals surface area contributed by atoms with Crippen LogP contribution in [0.4, 0.5) is 0 Å². The van der Waals surface area contributed by atoms with Gasteiger partial charge in [-0.3, -0.25) is 19.3 Å². The topological polar surface area (TPSA) is 108 Å². The molecule has 30 heavy (non-hydrogen) atoms. The third-order valence-corrected chi connectivity index (χ3v) is 5.09. The number of fused-ring (bicyclic) bond motifs is 1. The van der Waals surface area contributed by atoms with Crippen LogP contribution >= 0.6 is 0 Å². The normalized spacial score (nSPS) is 21.8. The van der Waals surface area contributed by atoms with E-state index in [2.05, 4.69) is 10.6 Å². The van der Waals surface area contributed by atoms with Crippen LogP contribution in [0.25, 0.3) is 0 Å². The summed E-state index contributed by atoms with van der Waals surface area (Å²) in [5.74, 6) is -1.96. The minimum Gasteiger partial charge on any atom is -0.479 e. The first kappa shape index (κ1) is 19.5. The molecule has 2 fully saturated rings. The molecule has 0 saturated carbocycles. The van der Waals surface area contributed by atoms with E-state index in [0.29, 0.717) is 0 Å². The van der Waals surface area contributed by atoms with Gasteiger partial charge in [0, 0.05) is 6.54 Å². The average molecular weight is 407 g/mol. The average Bonchev–Trinajstić information content (AvgIpc) is 2.77. The Morgan fingerprint density at radius 1 is 1.07 bits per heavy atom. The summed E-state index contributed by atoms with van der Waals surface area (Å²) in [4.78, 5) is 38.4. The van der Waals surface area contributed by atoms with Gasteiger partial charge in [-0.2, -0.15) is 0 Å². The molecule has 2 aliphatic heterocycles. The maximum absolute atomic E-state index is 12.6. The Morgan fingerprint density at radius 2 is 1.70 bits per heavy atom. The fourth-order valence-electron chi connectivity index (χ4n) is 3.58. The number of benzene rings is 2. The Bertz CT molecular complexity index is 990. The Morgan fingerprint density at radius 3 is 2.37 bits per heavy atom. The molecule has 2 heterocycles. The van der Waals surface area contributed by atoms with Crippen molar-refractivity contribution in [3.63, 3.8) is 0 Å². The van der Waals surface area contributed by atoms with Crippen molar-refractivity contribution in [2.45, 2.75) is 25.1 Å². The van der Waals surface area contributed by atoms with E-state index >= 15 is 0 Å². The number of carbonyl (C=O) groups excluding carboxylic acids is 3. The van der Waals surface area contributed by atoms with Crippen LogP contribution in [0.5, 0.6) is 0 Å². The summed E-state index contributed by atoms with van der Waals surface area (Å²) in [6, 6.07) is 17.1. The van der Waals surface area contributed by atoms with E-state index in [1.165, 1.54) is 4.90 Å². The molecule has 4 rings (SSSR count). The second-order valence-electron chi connectivity index (χ2n) is 7.12. The summed E-state index contributed by atoms with van der Waals surface area (Å²) >= 11 is 0. The van der Waals surface area contributed by atoms with Crippen LogP contribution in [0.3, 0.4) is 0 Å². The van der Waals surface area contributed by atoms with Crippen molar-refractivity contribution in [3.05, 3.63) is 83.4 Å². The number of carbonyl (C=O) groups is 3. The van der Waals surface area contributed by atoms with E-state index in [1.54, 1.807) is 0 Å². The van der Waals surface area contributed by atoms with Crippen molar-refractivity contribution >= 4 is 17.7 Å². The summed E-state index contributed by atoms with van der Waals surface area (Å²) in [5.41, 5.74) is 1.40. The van der Waals surface area contributed by atoms with E-state index in [1.807, 2.05) is 60.7 Å². The first-order valence-corrected chi connectivity index (χ1v) is 9.59. The van der Waals surface area contributed by atoms with Gasteiger partial charge in [-0.15, -0.1) is 0 Å². The lowest BCUT2D eigenvalue weighted by Gasteiger charge is -2.49. The van der Waals surface area contributed by atoms with Gasteiger partial charge in [-0.05, 0) is 11.1 Å². The zero-order valence-corrected chi connectivity index (χ0v) is 16.1. The number of hydrogen-bond acceptors (Lipinski definition) is 5. The minimum atomic E-state index is -0.765. The molecule has 2 aromatic carbocycles. The predicted molar refractivity (Wildman–Crippen MR) is 107 cm³/mol. The molecule has 2 saturated heterocycles. The molecular weight excluding hydrogens is 386 g/mol. The standard InChI is InChI=1S/C22H21N3O5/c26-17(11-14-7-3-1-4-8-14)24-18-16-12-23-20(27)19(25(16)21(18)28)22(29)30-13-15-9-5-2-6-10-15/h1-10,16,18,29H,11-13H2,(H,23,27)(H,24,26)/b22-19+/t16-,18?/m1/s1. The van der Waals surface area contributed by atoms with Crippen LogP contribution in [0.2, 0.25) is 0 Å². The summed E-state index contributed by atoms with van der Waals surface area (Å²) in [6.45, 7) is 0.226. The van der Waals surface area contributed by atoms with Gasteiger partial charge >= 0.3 is 5.95 Å². The molecule has 154 valence electrons. The van der Waals surface area contributed by atoms with Gasteiger partial charge < -0.3 is 20.5 Å². The van der Waals surface area contributed by atoms with Crippen molar-refractivity contribution in [2.75, 3.05) is 6.54 Å². The van der Waals surface area contributed by atoms with Gasteiger partial charge in [0.1, 0.15) is 12.6 Å². The second kappa shape index (κ2) is 8.28. The van der Waals surface area contributed by atoms with Crippen LogP contribution in [-0.2, 0) is 32.1 Å². The molecule has 8 nitrogen and oxygen atoms in total. The summed E-state index contributed by atoms with van der Waals surface area (Å²) in [5, 5.41) is 15.7. The van der Waals surface area contributed by atoms with E-state index in [-0.39, 0.29) is 31.2 Å². The molecule has 3 amide bonds. The number of aliphatic hydroxyl groups excluding tert-OH is 1. The molecule has 0 spiro atoms. The van der Waals surface area contributed by atoms with Crippen LogP contribution in [0, 0.1) is 0 Å². The fourth-order valence-corrected chi connectivity index (χ4v) is 3.58. The van der Waals surface area contributed by atoms with Gasteiger partial charge in [0.15, 0.2) is 5.70 Å². The lowest BCUT2D eigenvalue weighted by Crippen LogP contribution is -2.76. The quantitative estimate of drug-likeness (QED) is 0.376. The van der Waals surface area contributed by atoms with Crippen LogP contribution in [0.1, 0.15) is 11.1 Å². The summed E-state index contributed by atoms with van der Waals surface area (Å²) < 4.78 is 5.33. The second-order valence-corrected chi connectivity index (χ2v) is 7.12. The number of β-lactam (4-membered cyclic amide) rings is 1. The molecule has 2 atom stereocenters. The van der Waals surface area contributed by atoms with Crippen molar-refractivity contribution in [2.24, 2.45) is 0 Å². The van der Waals surface area contributed by atoms with Crippen molar-refractivity contribution in [1.82, 2.24) is 15.5 Å². The largest absolute Gasteiger partial charge is 0.479 e. The lowest BCUT2D eigenvalue weighted by atomic mass is 9.91. The highest BCUT2D eigenvalue weighted by atomic mass is 16.6. The fraction of sp³-hybridized carbons (Fsp3) is 0.227. The molecule has 2 aromatic rings. The maximum Gasteiger partial charge on any atom is 0.307 e. The van der Waals surface area contributed by atoms with Crippen LogP contribution in [0.15, 0.2) is 72.3 Å². The van der Waals surface area contributed by atoms with Gasteiger partial charge in [0.2, 0.25) is 5.91 Å². The van der Waals surface area contributed by atoms with E-state index < -0.39 is 29.8 Å². The van der Waals surface area contributed by atoms with Gasteiger partial charge in [-0.25, -0.2) is 0 Å². The lowest BCUT2D eigenvalue weighted by molar-refractivity contribution is -0.155. The number of amides is 3. The number of aliphatic hydroxyl groups is 1. The van der Waals surface area contributed by atoms with Crippen molar-refractivity contribution in [1.29, 1.82) is 0 Å². The number of rotatable bonds is 6. The Kier molecular flexibility index (Phi) is 5.38. The number of nitrogens with one attached hydrogen (secondary N) is 2. The summed E-state index contributed by atoms with van der Waals surface area (Å²) in [7, 11) is 0. The summed E-state index contributed by atoms with van der Waals surface area (Å²) in [6.07, 6.45) is 0.151. The molecule has 3 N–H and O–H groups in total. The molecule has 1 unspecified atom stereocenters. The monoisotopic (exact) mass is 407 g/mol. The van der Waals surface area contributed by atoms with Crippen LogP contribution in [-0.4, -0.2) is 46.4 Å². The Hall–Kier alpha value is -3.81. The smallest absolute Gasteiger partial charge is 0.307 e. The Labute approximate surface area is 173 Å². The van der Waals surface area contributed by atoms with E-state index in [9.17, 15) is 19.5 Å². The van der Waals surface area contributed by atoms with E-state index in [0.717, 1.165) is 11.1 Å². The number of piperazine rings is 1. The molecule has 0 aromatic heterocycles. The number of nitrogens with zero attached hydrogens (tertiary/aromatic N) is 1. The van der Waals surface area contributed by atoms with E-state index in [4.69, 9.17) is 4.74 Å². The maximum atomic E-state index is 12.6. The van der Waals surface area contributed by atoms with Gasteiger partial charge in [-0.1, -0.05) is 60.7 Å². The van der Waals surface area contributed by atoms with Crippen molar-refractivity contribution in [3.8, 4) is 0 Å². The van der Waals surface area contributed by atoms with Gasteiger partial charge in [0.05, 0.1) is 12.5 Å². The molecule has 0 radical (unpaired) electrons. The highest BCUT2D eigenvalue weighted by Gasteiger charge is 2.54.